The lowest BCUT2D eigenvalue weighted by atomic mass is 10.1. The third-order valence-electron chi connectivity index (χ3n) is 3.21. The largest absolute Gasteiger partial charge is 0.358 e. The zero-order valence-corrected chi connectivity index (χ0v) is 14.2. The van der Waals surface area contributed by atoms with Gasteiger partial charge in [0, 0.05) is 5.54 Å². The maximum Gasteiger partial charge on any atom is 0.354 e. The number of nitrogens with one attached hydrogen (secondary N) is 3. The van der Waals surface area contributed by atoms with Gasteiger partial charge < -0.3 is 5.32 Å². The van der Waals surface area contributed by atoms with Crippen molar-refractivity contribution in [2.45, 2.75) is 39.3 Å². The van der Waals surface area contributed by atoms with Crippen LogP contribution in [0, 0.1) is 10.1 Å². The van der Waals surface area contributed by atoms with Gasteiger partial charge in [0.05, 0.1) is 11.0 Å². The molecule has 0 saturated heterocycles. The molecule has 2 aromatic rings. The Hall–Kier alpha value is -2.74. The minimum absolute atomic E-state index is 0.118. The van der Waals surface area contributed by atoms with Crippen molar-refractivity contribution >= 4 is 17.3 Å². The molecule has 0 saturated carbocycles. The fourth-order valence-corrected chi connectivity index (χ4v) is 2.03. The van der Waals surface area contributed by atoms with Gasteiger partial charge in [-0.2, -0.15) is 0 Å². The first-order chi connectivity index (χ1) is 11.3. The molecular formula is C16H22N6O2. The van der Waals surface area contributed by atoms with Gasteiger partial charge in [-0.05, 0) is 33.3 Å². The van der Waals surface area contributed by atoms with Crippen molar-refractivity contribution in [3.8, 4) is 0 Å². The summed E-state index contributed by atoms with van der Waals surface area (Å²) < 4.78 is 0. The van der Waals surface area contributed by atoms with E-state index in [1.54, 1.807) is 0 Å². The van der Waals surface area contributed by atoms with Gasteiger partial charge in [-0.15, -0.1) is 0 Å². The van der Waals surface area contributed by atoms with Crippen molar-refractivity contribution < 1.29 is 4.92 Å². The predicted molar refractivity (Wildman–Crippen MR) is 93.7 cm³/mol. The molecule has 128 valence electrons. The molecule has 0 spiro atoms. The molecule has 2 rings (SSSR count). The van der Waals surface area contributed by atoms with Crippen molar-refractivity contribution in [1.29, 1.82) is 0 Å². The molecule has 0 fully saturated rings. The number of hydrogen-bond acceptors (Lipinski definition) is 7. The van der Waals surface area contributed by atoms with Crippen LogP contribution in [-0.4, -0.2) is 20.4 Å². The molecule has 24 heavy (non-hydrogen) atoms. The fourth-order valence-electron chi connectivity index (χ4n) is 2.03. The molecule has 0 radical (unpaired) electrons. The van der Waals surface area contributed by atoms with E-state index in [1.807, 2.05) is 58.0 Å². The average Bonchev–Trinajstić information content (AvgIpc) is 2.52. The highest BCUT2D eigenvalue weighted by atomic mass is 16.6. The topological polar surface area (TPSA) is 105 Å². The van der Waals surface area contributed by atoms with E-state index >= 15 is 0 Å². The third-order valence-corrected chi connectivity index (χ3v) is 3.21. The normalized spacial score (nSPS) is 12.5. The molecule has 0 aliphatic heterocycles. The average molecular weight is 330 g/mol. The van der Waals surface area contributed by atoms with Crippen LogP contribution in [0.1, 0.15) is 39.3 Å². The standard InChI is InChI=1S/C16H22N6O2/c1-11(12-8-6-5-7-9-12)19-14-13(22(23)24)15(18-10-17-14)20-21-16(2,3)4/h5-11,21H,1-4H3,(H2,17,18,19,20). The number of hydrogen-bond donors (Lipinski definition) is 3. The van der Waals surface area contributed by atoms with Crippen LogP contribution >= 0.6 is 0 Å². The van der Waals surface area contributed by atoms with Crippen molar-refractivity contribution in [2.24, 2.45) is 0 Å². The van der Waals surface area contributed by atoms with Crippen LogP contribution in [0.3, 0.4) is 0 Å². The van der Waals surface area contributed by atoms with Gasteiger partial charge in [0.15, 0.2) is 0 Å². The molecule has 3 N–H and O–H groups in total. The summed E-state index contributed by atoms with van der Waals surface area (Å²) in [6, 6.07) is 9.52. The lowest BCUT2D eigenvalue weighted by molar-refractivity contribution is -0.383. The van der Waals surface area contributed by atoms with Crippen molar-refractivity contribution in [3.05, 3.63) is 52.3 Å². The zero-order chi connectivity index (χ0) is 17.7. The Morgan fingerprint density at radius 1 is 1.12 bits per heavy atom. The van der Waals surface area contributed by atoms with Crippen molar-refractivity contribution in [2.75, 3.05) is 10.7 Å². The molecule has 0 bridgehead atoms. The van der Waals surface area contributed by atoms with Gasteiger partial charge in [-0.3, -0.25) is 15.5 Å². The first kappa shape index (κ1) is 17.6. The molecule has 8 nitrogen and oxygen atoms in total. The van der Waals surface area contributed by atoms with Crippen LogP contribution in [0.2, 0.25) is 0 Å². The van der Waals surface area contributed by atoms with Gasteiger partial charge in [-0.25, -0.2) is 15.4 Å². The van der Waals surface area contributed by atoms with E-state index in [-0.39, 0.29) is 28.9 Å². The second-order valence-electron chi connectivity index (χ2n) is 6.45. The number of nitro groups is 1. The summed E-state index contributed by atoms with van der Waals surface area (Å²) >= 11 is 0. The molecule has 0 aliphatic carbocycles. The van der Waals surface area contributed by atoms with Crippen LogP contribution in [0.15, 0.2) is 36.7 Å². The zero-order valence-electron chi connectivity index (χ0n) is 14.2. The molecule has 1 aromatic carbocycles. The minimum atomic E-state index is -0.493. The molecule has 1 unspecified atom stereocenters. The highest BCUT2D eigenvalue weighted by Crippen LogP contribution is 2.31. The second-order valence-corrected chi connectivity index (χ2v) is 6.45. The highest BCUT2D eigenvalue weighted by Gasteiger charge is 2.25. The van der Waals surface area contributed by atoms with Gasteiger partial charge in [0.2, 0.25) is 11.6 Å². The Morgan fingerprint density at radius 3 is 2.33 bits per heavy atom. The smallest absolute Gasteiger partial charge is 0.354 e. The molecule has 1 aromatic heterocycles. The maximum atomic E-state index is 11.5. The fraction of sp³-hybridized carbons (Fsp3) is 0.375. The SMILES string of the molecule is CC(Nc1ncnc(NNC(C)(C)C)c1[N+](=O)[O-])c1ccccc1. The number of aromatic nitrogens is 2. The molecule has 8 heteroatoms. The first-order valence-electron chi connectivity index (χ1n) is 7.62. The van der Waals surface area contributed by atoms with E-state index in [0.717, 1.165) is 5.56 Å². The van der Waals surface area contributed by atoms with Crippen LogP contribution in [-0.2, 0) is 0 Å². The Labute approximate surface area is 140 Å². The Morgan fingerprint density at radius 2 is 1.75 bits per heavy atom. The third kappa shape index (κ3) is 4.63. The highest BCUT2D eigenvalue weighted by molar-refractivity contribution is 5.69. The van der Waals surface area contributed by atoms with Crippen LogP contribution in [0.25, 0.3) is 0 Å². The predicted octanol–water partition coefficient (Wildman–Crippen LogP) is 3.27. The lowest BCUT2D eigenvalue weighted by Gasteiger charge is -2.21. The van der Waals surface area contributed by atoms with Crippen LogP contribution in [0.4, 0.5) is 17.3 Å². The van der Waals surface area contributed by atoms with E-state index in [1.165, 1.54) is 6.33 Å². The summed E-state index contributed by atoms with van der Waals surface area (Å²) in [7, 11) is 0. The maximum absolute atomic E-state index is 11.5. The number of nitrogens with zero attached hydrogens (tertiary/aromatic N) is 3. The van der Waals surface area contributed by atoms with Crippen molar-refractivity contribution in [3.63, 3.8) is 0 Å². The summed E-state index contributed by atoms with van der Waals surface area (Å²) in [4.78, 5) is 19.0. The van der Waals surface area contributed by atoms with E-state index in [0.29, 0.717) is 0 Å². The van der Waals surface area contributed by atoms with Gasteiger partial charge in [0.1, 0.15) is 6.33 Å². The summed E-state index contributed by atoms with van der Waals surface area (Å²) in [5.74, 6) is 0.289. The Kier molecular flexibility index (Phi) is 5.30. The Balaban J connectivity index is 2.28. The van der Waals surface area contributed by atoms with Gasteiger partial charge >= 0.3 is 5.69 Å². The Bertz CT molecular complexity index is 699. The minimum Gasteiger partial charge on any atom is -0.358 e. The van der Waals surface area contributed by atoms with E-state index in [4.69, 9.17) is 0 Å². The summed E-state index contributed by atoms with van der Waals surface area (Å²) in [5, 5.41) is 14.6. The number of benzene rings is 1. The van der Waals surface area contributed by atoms with Gasteiger partial charge in [0.25, 0.3) is 0 Å². The van der Waals surface area contributed by atoms with Crippen LogP contribution < -0.4 is 16.2 Å². The lowest BCUT2D eigenvalue weighted by Crippen LogP contribution is -2.40. The number of anilines is 2. The molecule has 0 aliphatic rings. The van der Waals surface area contributed by atoms with E-state index in [9.17, 15) is 10.1 Å². The number of rotatable bonds is 6. The van der Waals surface area contributed by atoms with Gasteiger partial charge in [-0.1, -0.05) is 30.3 Å². The molecule has 0 amide bonds. The second kappa shape index (κ2) is 7.22. The molecule has 1 atom stereocenters. The summed E-state index contributed by atoms with van der Waals surface area (Å²) in [6.07, 6.45) is 1.29. The first-order valence-corrected chi connectivity index (χ1v) is 7.62. The quantitative estimate of drug-likeness (QED) is 0.551. The molecule has 1 heterocycles. The van der Waals surface area contributed by atoms with Crippen LogP contribution in [0.5, 0.6) is 0 Å². The van der Waals surface area contributed by atoms with E-state index < -0.39 is 4.92 Å². The van der Waals surface area contributed by atoms with E-state index in [2.05, 4.69) is 26.1 Å². The number of hydrazine groups is 1. The monoisotopic (exact) mass is 330 g/mol. The summed E-state index contributed by atoms with van der Waals surface area (Å²) in [5.41, 5.74) is 6.31. The van der Waals surface area contributed by atoms with Crippen molar-refractivity contribution in [1.82, 2.24) is 15.4 Å². The summed E-state index contributed by atoms with van der Waals surface area (Å²) in [6.45, 7) is 7.72. The molecular weight excluding hydrogens is 308 g/mol.